The zero-order valence-electron chi connectivity index (χ0n) is 5.70. The Morgan fingerprint density at radius 1 is 1.00 bits per heavy atom. The minimum Gasteiger partial charge on any atom is -0.230 e. The molecule has 1 N–H and O–H groups in total. The van der Waals surface area contributed by atoms with Crippen molar-refractivity contribution >= 4 is 11.8 Å². The summed E-state index contributed by atoms with van der Waals surface area (Å²) < 4.78 is 0. The minimum absolute atomic E-state index is 0.592. The molecule has 0 aliphatic heterocycles. The van der Waals surface area contributed by atoms with E-state index < -0.39 is 0 Å². The van der Waals surface area contributed by atoms with Gasteiger partial charge in [-0.1, -0.05) is 25.7 Å². The summed E-state index contributed by atoms with van der Waals surface area (Å²) in [6.45, 7) is 0. The normalized spacial score (nSPS) is 23.7. The topological polar surface area (TPSA) is 12.0 Å². The van der Waals surface area contributed by atoms with E-state index >= 15 is 0 Å². The maximum Gasteiger partial charge on any atom is 0.0220 e. The lowest BCUT2D eigenvalue weighted by Crippen LogP contribution is -2.18. The van der Waals surface area contributed by atoms with Crippen LogP contribution in [0.1, 0.15) is 38.5 Å². The predicted molar refractivity (Wildman–Crippen MR) is 40.5 cm³/mol. The van der Waals surface area contributed by atoms with Gasteiger partial charge in [-0.3, -0.25) is 0 Å². The molecule has 1 rings (SSSR count). The number of halogens is 1. The first kappa shape index (κ1) is 7.36. The zero-order valence-corrected chi connectivity index (χ0v) is 6.45. The van der Waals surface area contributed by atoms with Gasteiger partial charge in [0, 0.05) is 6.04 Å². The van der Waals surface area contributed by atoms with E-state index in [0.717, 1.165) is 0 Å². The van der Waals surface area contributed by atoms with E-state index in [1.807, 2.05) is 0 Å². The third-order valence-corrected chi connectivity index (χ3v) is 2.32. The first-order valence-electron chi connectivity index (χ1n) is 3.79. The maximum atomic E-state index is 5.50. The Hall–Kier alpha value is 0.250. The SMILES string of the molecule is ClNC1CCCCCC1. The van der Waals surface area contributed by atoms with Crippen LogP contribution in [0.4, 0.5) is 0 Å². The summed E-state index contributed by atoms with van der Waals surface area (Å²) in [6.07, 6.45) is 8.03. The average molecular weight is 148 g/mol. The van der Waals surface area contributed by atoms with E-state index in [-0.39, 0.29) is 0 Å². The van der Waals surface area contributed by atoms with Crippen LogP contribution < -0.4 is 4.84 Å². The molecule has 9 heavy (non-hydrogen) atoms. The van der Waals surface area contributed by atoms with Gasteiger partial charge in [0.1, 0.15) is 0 Å². The molecule has 0 unspecified atom stereocenters. The fraction of sp³-hybridized carbons (Fsp3) is 1.00. The van der Waals surface area contributed by atoms with Crippen molar-refractivity contribution < 1.29 is 0 Å². The first-order valence-corrected chi connectivity index (χ1v) is 4.17. The van der Waals surface area contributed by atoms with Crippen LogP contribution in [0.15, 0.2) is 0 Å². The van der Waals surface area contributed by atoms with E-state index in [4.69, 9.17) is 11.8 Å². The fourth-order valence-electron chi connectivity index (χ4n) is 1.39. The van der Waals surface area contributed by atoms with E-state index in [9.17, 15) is 0 Å². The van der Waals surface area contributed by atoms with Crippen LogP contribution in [0.25, 0.3) is 0 Å². The van der Waals surface area contributed by atoms with Crippen molar-refractivity contribution in [2.24, 2.45) is 0 Å². The summed E-state index contributed by atoms with van der Waals surface area (Å²) in [5, 5.41) is 0. The third-order valence-electron chi connectivity index (χ3n) is 2.01. The monoisotopic (exact) mass is 147 g/mol. The van der Waals surface area contributed by atoms with Crippen LogP contribution in [-0.4, -0.2) is 6.04 Å². The Balaban J connectivity index is 2.18. The summed E-state index contributed by atoms with van der Waals surface area (Å²) in [5.74, 6) is 0. The van der Waals surface area contributed by atoms with Crippen LogP contribution in [-0.2, 0) is 0 Å². The average Bonchev–Trinajstić information content (AvgIpc) is 2.13. The molecule has 2 heteroatoms. The molecular weight excluding hydrogens is 134 g/mol. The van der Waals surface area contributed by atoms with Gasteiger partial charge in [0.25, 0.3) is 0 Å². The molecule has 0 aromatic carbocycles. The van der Waals surface area contributed by atoms with Gasteiger partial charge >= 0.3 is 0 Å². The largest absolute Gasteiger partial charge is 0.230 e. The van der Waals surface area contributed by atoms with E-state index in [1.54, 1.807) is 0 Å². The third kappa shape index (κ3) is 2.55. The van der Waals surface area contributed by atoms with Crippen LogP contribution >= 0.6 is 11.8 Å². The Labute approximate surface area is 61.9 Å². The van der Waals surface area contributed by atoms with Gasteiger partial charge in [0.15, 0.2) is 0 Å². The maximum absolute atomic E-state index is 5.50. The van der Waals surface area contributed by atoms with Crippen molar-refractivity contribution in [2.45, 2.75) is 44.6 Å². The Bertz CT molecular complexity index is 67.3. The van der Waals surface area contributed by atoms with Crippen molar-refractivity contribution in [3.05, 3.63) is 0 Å². The zero-order chi connectivity index (χ0) is 6.53. The fourth-order valence-corrected chi connectivity index (χ4v) is 1.61. The van der Waals surface area contributed by atoms with Gasteiger partial charge < -0.3 is 0 Å². The highest BCUT2D eigenvalue weighted by molar-refractivity contribution is 6.13. The van der Waals surface area contributed by atoms with Gasteiger partial charge in [-0.15, -0.1) is 0 Å². The molecule has 0 atom stereocenters. The van der Waals surface area contributed by atoms with Crippen LogP contribution in [0, 0.1) is 0 Å². The van der Waals surface area contributed by atoms with Gasteiger partial charge in [-0.05, 0) is 24.6 Å². The number of rotatable bonds is 1. The second kappa shape index (κ2) is 4.13. The molecule has 0 spiro atoms. The van der Waals surface area contributed by atoms with Gasteiger partial charge in [-0.2, -0.15) is 0 Å². The highest BCUT2D eigenvalue weighted by atomic mass is 35.5. The molecule has 0 radical (unpaired) electrons. The number of hydrogen-bond donors (Lipinski definition) is 1. The molecule has 0 amide bonds. The standard InChI is InChI=1S/C7H14ClN/c8-9-7-5-3-1-2-4-6-7/h7,9H,1-6H2. The van der Waals surface area contributed by atoms with Gasteiger partial charge in [0.05, 0.1) is 0 Å². The van der Waals surface area contributed by atoms with Crippen molar-refractivity contribution in [3.63, 3.8) is 0 Å². The summed E-state index contributed by atoms with van der Waals surface area (Å²) >= 11 is 5.50. The molecule has 1 nitrogen and oxygen atoms in total. The number of hydrogen-bond acceptors (Lipinski definition) is 1. The van der Waals surface area contributed by atoms with Crippen LogP contribution in [0.5, 0.6) is 0 Å². The lowest BCUT2D eigenvalue weighted by Gasteiger charge is -2.08. The van der Waals surface area contributed by atoms with Gasteiger partial charge in [-0.25, -0.2) is 4.84 Å². The van der Waals surface area contributed by atoms with E-state index in [0.29, 0.717) is 6.04 Å². The Kier molecular flexibility index (Phi) is 3.37. The Morgan fingerprint density at radius 3 is 2.00 bits per heavy atom. The molecule has 1 fully saturated rings. The summed E-state index contributed by atoms with van der Waals surface area (Å²) in [4.78, 5) is 2.82. The molecule has 0 saturated heterocycles. The van der Waals surface area contributed by atoms with E-state index in [1.165, 1.54) is 38.5 Å². The molecular formula is C7H14ClN. The quantitative estimate of drug-likeness (QED) is 0.444. The smallest absolute Gasteiger partial charge is 0.0220 e. The second-order valence-electron chi connectivity index (χ2n) is 2.80. The molecule has 54 valence electrons. The lowest BCUT2D eigenvalue weighted by atomic mass is 10.1. The van der Waals surface area contributed by atoms with Crippen LogP contribution in [0.3, 0.4) is 0 Å². The Morgan fingerprint density at radius 2 is 1.56 bits per heavy atom. The molecule has 1 aliphatic rings. The van der Waals surface area contributed by atoms with Gasteiger partial charge in [0.2, 0.25) is 0 Å². The minimum atomic E-state index is 0.592. The van der Waals surface area contributed by atoms with Crippen LogP contribution in [0.2, 0.25) is 0 Å². The van der Waals surface area contributed by atoms with Crippen molar-refractivity contribution in [1.29, 1.82) is 0 Å². The summed E-state index contributed by atoms with van der Waals surface area (Å²) in [7, 11) is 0. The first-order chi connectivity index (χ1) is 4.43. The predicted octanol–water partition coefficient (Wildman–Crippen LogP) is 2.45. The highest BCUT2D eigenvalue weighted by Crippen LogP contribution is 2.17. The highest BCUT2D eigenvalue weighted by Gasteiger charge is 2.09. The molecule has 0 heterocycles. The lowest BCUT2D eigenvalue weighted by molar-refractivity contribution is 0.546. The second-order valence-corrected chi connectivity index (χ2v) is 3.02. The van der Waals surface area contributed by atoms with Crippen molar-refractivity contribution in [1.82, 2.24) is 4.84 Å². The van der Waals surface area contributed by atoms with Crippen molar-refractivity contribution in [3.8, 4) is 0 Å². The molecule has 0 aromatic heterocycles. The summed E-state index contributed by atoms with van der Waals surface area (Å²) in [6, 6.07) is 0.592. The molecule has 1 aliphatic carbocycles. The number of nitrogens with one attached hydrogen (secondary N) is 1. The van der Waals surface area contributed by atoms with Crippen molar-refractivity contribution in [2.75, 3.05) is 0 Å². The van der Waals surface area contributed by atoms with E-state index in [2.05, 4.69) is 4.84 Å². The molecule has 0 aromatic rings. The summed E-state index contributed by atoms with van der Waals surface area (Å²) in [5.41, 5.74) is 0. The molecule has 1 saturated carbocycles. The molecule has 0 bridgehead atoms.